The summed E-state index contributed by atoms with van der Waals surface area (Å²) >= 11 is 6.74. The van der Waals surface area contributed by atoms with Gasteiger partial charge >= 0.3 is 0 Å². The van der Waals surface area contributed by atoms with Gasteiger partial charge in [-0.15, -0.1) is 0 Å². The topological polar surface area (TPSA) is 55.1 Å². The average molecular weight is 412 g/mol. The number of rotatable bonds is 4. The molecule has 0 radical (unpaired) electrons. The third-order valence-electron chi connectivity index (χ3n) is 3.09. The highest BCUT2D eigenvalue weighted by atomic mass is 79.9. The zero-order valence-corrected chi connectivity index (χ0v) is 14.7. The molecule has 1 atom stereocenters. The van der Waals surface area contributed by atoms with Gasteiger partial charge in [0, 0.05) is 20.7 Å². The van der Waals surface area contributed by atoms with Crippen LogP contribution in [0.4, 0.5) is 5.69 Å². The van der Waals surface area contributed by atoms with E-state index in [0.29, 0.717) is 11.3 Å². The first-order chi connectivity index (χ1) is 9.95. The fourth-order valence-corrected chi connectivity index (χ4v) is 2.71. The molecule has 1 unspecified atom stereocenters. The van der Waals surface area contributed by atoms with E-state index < -0.39 is 0 Å². The molecule has 0 spiro atoms. The van der Waals surface area contributed by atoms with Gasteiger partial charge in [0.05, 0.1) is 5.56 Å². The Labute approximate surface area is 141 Å². The normalized spacial score (nSPS) is 12.0. The molecule has 0 bridgehead atoms. The number of nitrogen functional groups attached to an aromatic ring is 1. The number of nitrogens with one attached hydrogen (secondary N) is 1. The van der Waals surface area contributed by atoms with E-state index in [1.165, 1.54) is 5.56 Å². The second kappa shape index (κ2) is 7.09. The molecule has 0 saturated carbocycles. The van der Waals surface area contributed by atoms with Gasteiger partial charge in [0.25, 0.3) is 5.91 Å². The van der Waals surface area contributed by atoms with E-state index in [2.05, 4.69) is 37.2 Å². The van der Waals surface area contributed by atoms with Gasteiger partial charge in [-0.1, -0.05) is 44.0 Å². The van der Waals surface area contributed by atoms with Crippen LogP contribution in [0.2, 0.25) is 0 Å². The first kappa shape index (κ1) is 16.0. The number of carbonyl (C=O) groups is 1. The van der Waals surface area contributed by atoms with Gasteiger partial charge in [-0.2, -0.15) is 0 Å². The zero-order valence-electron chi connectivity index (χ0n) is 11.6. The molecule has 0 fully saturated rings. The third kappa shape index (κ3) is 4.58. The Kier molecular flexibility index (Phi) is 5.42. The first-order valence-electron chi connectivity index (χ1n) is 6.56. The number of hydrogen-bond donors (Lipinski definition) is 2. The van der Waals surface area contributed by atoms with Crippen molar-refractivity contribution in [2.45, 2.75) is 19.4 Å². The van der Waals surface area contributed by atoms with Crippen LogP contribution in [0.1, 0.15) is 22.8 Å². The molecular weight excluding hydrogens is 396 g/mol. The van der Waals surface area contributed by atoms with Crippen LogP contribution in [0.3, 0.4) is 0 Å². The summed E-state index contributed by atoms with van der Waals surface area (Å²) in [7, 11) is 0. The SMILES string of the molecule is CC(Cc1ccc(Br)cc1)NC(=O)c1ccc(Br)cc1N. The van der Waals surface area contributed by atoms with Gasteiger partial charge in [0.1, 0.15) is 0 Å². The van der Waals surface area contributed by atoms with Gasteiger partial charge < -0.3 is 11.1 Å². The number of amides is 1. The molecule has 0 aliphatic heterocycles. The maximum atomic E-state index is 12.2. The standard InChI is InChI=1S/C16H16Br2N2O/c1-10(8-11-2-4-12(17)5-3-11)20-16(21)14-7-6-13(18)9-15(14)19/h2-7,9-10H,8,19H2,1H3,(H,20,21). The summed E-state index contributed by atoms with van der Waals surface area (Å²) in [6.45, 7) is 1.98. The summed E-state index contributed by atoms with van der Waals surface area (Å²) in [5.41, 5.74) is 8.02. The van der Waals surface area contributed by atoms with Crippen molar-refractivity contribution in [3.8, 4) is 0 Å². The molecule has 0 aliphatic carbocycles. The van der Waals surface area contributed by atoms with Crippen molar-refractivity contribution in [1.29, 1.82) is 0 Å². The Balaban J connectivity index is 2.00. The van der Waals surface area contributed by atoms with Gasteiger partial charge in [-0.3, -0.25) is 4.79 Å². The molecule has 2 rings (SSSR count). The van der Waals surface area contributed by atoms with E-state index in [9.17, 15) is 4.79 Å². The molecule has 3 nitrogen and oxygen atoms in total. The minimum Gasteiger partial charge on any atom is -0.398 e. The van der Waals surface area contributed by atoms with Gasteiger partial charge in [0.15, 0.2) is 0 Å². The number of halogens is 2. The van der Waals surface area contributed by atoms with Crippen LogP contribution < -0.4 is 11.1 Å². The fourth-order valence-electron chi connectivity index (χ4n) is 2.07. The first-order valence-corrected chi connectivity index (χ1v) is 8.14. The Morgan fingerprint density at radius 1 is 1.14 bits per heavy atom. The molecule has 1 amide bonds. The minimum absolute atomic E-state index is 0.0294. The number of nitrogens with two attached hydrogens (primary N) is 1. The molecule has 0 aromatic heterocycles. The van der Waals surface area contributed by atoms with Crippen LogP contribution in [-0.4, -0.2) is 11.9 Å². The Hall–Kier alpha value is -1.33. The van der Waals surface area contributed by atoms with Crippen LogP contribution in [0.5, 0.6) is 0 Å². The second-order valence-corrected chi connectivity index (χ2v) is 6.77. The van der Waals surface area contributed by atoms with Crippen LogP contribution >= 0.6 is 31.9 Å². The number of benzene rings is 2. The van der Waals surface area contributed by atoms with Crippen molar-refractivity contribution in [2.24, 2.45) is 0 Å². The molecule has 2 aromatic carbocycles. The maximum Gasteiger partial charge on any atom is 0.253 e. The van der Waals surface area contributed by atoms with E-state index >= 15 is 0 Å². The lowest BCUT2D eigenvalue weighted by molar-refractivity contribution is 0.0941. The Bertz CT molecular complexity index is 641. The largest absolute Gasteiger partial charge is 0.398 e. The summed E-state index contributed by atoms with van der Waals surface area (Å²) < 4.78 is 1.91. The molecule has 0 heterocycles. The molecule has 21 heavy (non-hydrogen) atoms. The van der Waals surface area contributed by atoms with Crippen LogP contribution in [0.25, 0.3) is 0 Å². The smallest absolute Gasteiger partial charge is 0.253 e. The zero-order chi connectivity index (χ0) is 15.4. The van der Waals surface area contributed by atoms with Crippen molar-refractivity contribution in [1.82, 2.24) is 5.32 Å². The molecular formula is C16H16Br2N2O. The second-order valence-electron chi connectivity index (χ2n) is 4.94. The lowest BCUT2D eigenvalue weighted by Gasteiger charge is -2.15. The Morgan fingerprint density at radius 2 is 1.76 bits per heavy atom. The van der Waals surface area contributed by atoms with Crippen molar-refractivity contribution in [3.05, 3.63) is 62.5 Å². The van der Waals surface area contributed by atoms with Crippen LogP contribution in [0.15, 0.2) is 51.4 Å². The predicted molar refractivity (Wildman–Crippen MR) is 93.3 cm³/mol. The summed E-state index contributed by atoms with van der Waals surface area (Å²) in [5, 5.41) is 2.97. The molecule has 2 aromatic rings. The van der Waals surface area contributed by atoms with Gasteiger partial charge in [-0.25, -0.2) is 0 Å². The summed E-state index contributed by atoms with van der Waals surface area (Å²) in [5.74, 6) is -0.149. The highest BCUT2D eigenvalue weighted by molar-refractivity contribution is 9.10. The van der Waals surface area contributed by atoms with Crippen molar-refractivity contribution >= 4 is 43.5 Å². The van der Waals surface area contributed by atoms with E-state index in [-0.39, 0.29) is 11.9 Å². The third-order valence-corrected chi connectivity index (χ3v) is 4.11. The van der Waals surface area contributed by atoms with Gasteiger partial charge in [0.2, 0.25) is 0 Å². The average Bonchev–Trinajstić information content (AvgIpc) is 2.41. The molecule has 0 aliphatic rings. The molecule has 110 valence electrons. The van der Waals surface area contributed by atoms with E-state index in [4.69, 9.17) is 5.73 Å². The quantitative estimate of drug-likeness (QED) is 0.742. The van der Waals surface area contributed by atoms with Crippen LogP contribution in [0, 0.1) is 0 Å². The van der Waals surface area contributed by atoms with E-state index in [1.54, 1.807) is 12.1 Å². The highest BCUT2D eigenvalue weighted by Crippen LogP contribution is 2.19. The fraction of sp³-hybridized carbons (Fsp3) is 0.188. The molecule has 5 heteroatoms. The number of carbonyl (C=O) groups excluding carboxylic acids is 1. The molecule has 3 N–H and O–H groups in total. The van der Waals surface area contributed by atoms with Crippen LogP contribution in [-0.2, 0) is 6.42 Å². The maximum absolute atomic E-state index is 12.2. The predicted octanol–water partition coefficient (Wildman–Crippen LogP) is 4.15. The summed E-state index contributed by atoms with van der Waals surface area (Å²) in [6, 6.07) is 13.4. The van der Waals surface area contributed by atoms with E-state index in [0.717, 1.165) is 15.4 Å². The lowest BCUT2D eigenvalue weighted by Crippen LogP contribution is -2.34. The summed E-state index contributed by atoms with van der Waals surface area (Å²) in [4.78, 5) is 12.2. The lowest BCUT2D eigenvalue weighted by atomic mass is 10.1. The van der Waals surface area contributed by atoms with Crippen molar-refractivity contribution < 1.29 is 4.79 Å². The van der Waals surface area contributed by atoms with Crippen molar-refractivity contribution in [2.75, 3.05) is 5.73 Å². The number of anilines is 1. The van der Waals surface area contributed by atoms with E-state index in [1.807, 2.05) is 37.3 Å². The minimum atomic E-state index is -0.149. The monoisotopic (exact) mass is 410 g/mol. The molecule has 0 saturated heterocycles. The Morgan fingerprint density at radius 3 is 2.38 bits per heavy atom. The van der Waals surface area contributed by atoms with Crippen molar-refractivity contribution in [3.63, 3.8) is 0 Å². The van der Waals surface area contributed by atoms with Gasteiger partial charge in [-0.05, 0) is 49.2 Å². The summed E-state index contributed by atoms with van der Waals surface area (Å²) in [6.07, 6.45) is 0.773. The number of hydrogen-bond acceptors (Lipinski definition) is 2. The highest BCUT2D eigenvalue weighted by Gasteiger charge is 2.13.